The summed E-state index contributed by atoms with van der Waals surface area (Å²) in [5.41, 5.74) is 0. The van der Waals surface area contributed by atoms with E-state index in [0.717, 1.165) is 19.3 Å². The molecule has 0 unspecified atom stereocenters. The van der Waals surface area contributed by atoms with Crippen molar-refractivity contribution in [3.63, 3.8) is 0 Å². The van der Waals surface area contributed by atoms with Crippen LogP contribution < -0.4 is 0 Å². The smallest absolute Gasteiger partial charge is 0.466 e. The number of phosphoric ester groups is 1. The van der Waals surface area contributed by atoms with Crippen LogP contribution in [0, 0.1) is 0 Å². The molecule has 0 spiro atoms. The zero-order valence-corrected chi connectivity index (χ0v) is 16.4. The molecular formula is C17H33O6P. The first kappa shape index (κ1) is 23.2. The summed E-state index contributed by atoms with van der Waals surface area (Å²) >= 11 is 0. The predicted molar refractivity (Wildman–Crippen MR) is 94.7 cm³/mol. The van der Waals surface area contributed by atoms with E-state index in [0.29, 0.717) is 6.42 Å². The van der Waals surface area contributed by atoms with E-state index in [-0.39, 0.29) is 19.0 Å². The van der Waals surface area contributed by atoms with Gasteiger partial charge in [-0.25, -0.2) is 9.36 Å². The van der Waals surface area contributed by atoms with Gasteiger partial charge in [0.2, 0.25) is 0 Å². The molecular weight excluding hydrogens is 331 g/mol. The third-order valence-electron chi connectivity index (χ3n) is 3.31. The van der Waals surface area contributed by atoms with Crippen molar-refractivity contribution < 1.29 is 27.7 Å². The Bertz CT molecular complexity index is 398. The van der Waals surface area contributed by atoms with E-state index < -0.39 is 13.8 Å². The van der Waals surface area contributed by atoms with Gasteiger partial charge in [0.25, 0.3) is 0 Å². The van der Waals surface area contributed by atoms with Crippen LogP contribution >= 0.6 is 7.82 Å². The molecule has 24 heavy (non-hydrogen) atoms. The second-order valence-corrected chi connectivity index (χ2v) is 6.97. The number of ether oxygens (including phenoxy) is 1. The summed E-state index contributed by atoms with van der Waals surface area (Å²) in [5, 5.41) is 0. The lowest BCUT2D eigenvalue weighted by atomic mass is 10.1. The van der Waals surface area contributed by atoms with E-state index in [2.05, 4.69) is 11.7 Å². The Morgan fingerprint density at radius 2 is 1.46 bits per heavy atom. The first-order chi connectivity index (χ1) is 11.5. The van der Waals surface area contributed by atoms with Crippen LogP contribution in [0.4, 0.5) is 0 Å². The molecule has 0 aromatic carbocycles. The van der Waals surface area contributed by atoms with Crippen molar-refractivity contribution in [2.24, 2.45) is 0 Å². The minimum Gasteiger partial charge on any atom is -0.466 e. The average molecular weight is 364 g/mol. The van der Waals surface area contributed by atoms with Gasteiger partial charge in [-0.15, -0.1) is 0 Å². The summed E-state index contributed by atoms with van der Waals surface area (Å²) in [7, 11) is -2.40. The number of esters is 1. The molecule has 0 aromatic heterocycles. The summed E-state index contributed by atoms with van der Waals surface area (Å²) in [6.45, 7) is 5.99. The molecule has 142 valence electrons. The number of hydrogen-bond acceptors (Lipinski definition) is 6. The van der Waals surface area contributed by atoms with Gasteiger partial charge in [0.15, 0.2) is 0 Å². The molecule has 0 N–H and O–H groups in total. The van der Waals surface area contributed by atoms with Crippen molar-refractivity contribution in [1.29, 1.82) is 0 Å². The van der Waals surface area contributed by atoms with Crippen molar-refractivity contribution >= 4 is 13.8 Å². The zero-order chi connectivity index (χ0) is 18.3. The topological polar surface area (TPSA) is 71.1 Å². The van der Waals surface area contributed by atoms with E-state index in [9.17, 15) is 9.36 Å². The molecule has 0 amide bonds. The third kappa shape index (κ3) is 11.7. The van der Waals surface area contributed by atoms with Gasteiger partial charge < -0.3 is 9.26 Å². The summed E-state index contributed by atoms with van der Waals surface area (Å²) in [6.07, 6.45) is 9.66. The molecule has 0 aliphatic rings. The summed E-state index contributed by atoms with van der Waals surface area (Å²) in [5.74, 6) is -0.270. The van der Waals surface area contributed by atoms with Gasteiger partial charge in [0, 0.05) is 6.42 Å². The SMILES string of the molecule is CCCCCCCCC/C(=C/C(=O)OC)OP(=O)(OCC)OCC. The van der Waals surface area contributed by atoms with Crippen molar-refractivity contribution in [3.8, 4) is 0 Å². The summed E-state index contributed by atoms with van der Waals surface area (Å²) in [4.78, 5) is 11.5. The lowest BCUT2D eigenvalue weighted by molar-refractivity contribution is -0.135. The van der Waals surface area contributed by atoms with Crippen LogP contribution in [-0.2, 0) is 27.7 Å². The van der Waals surface area contributed by atoms with Crippen molar-refractivity contribution in [2.45, 2.75) is 72.1 Å². The zero-order valence-electron chi connectivity index (χ0n) is 15.5. The molecule has 0 heterocycles. The van der Waals surface area contributed by atoms with Crippen molar-refractivity contribution in [1.82, 2.24) is 0 Å². The van der Waals surface area contributed by atoms with Gasteiger partial charge in [-0.3, -0.25) is 9.05 Å². The van der Waals surface area contributed by atoms with E-state index >= 15 is 0 Å². The number of unbranched alkanes of at least 4 members (excludes halogenated alkanes) is 6. The molecule has 6 nitrogen and oxygen atoms in total. The largest absolute Gasteiger partial charge is 0.529 e. The maximum atomic E-state index is 12.4. The molecule has 7 heteroatoms. The lowest BCUT2D eigenvalue weighted by Crippen LogP contribution is -2.04. The predicted octanol–water partition coefficient (Wildman–Crippen LogP) is 5.38. The minimum atomic E-state index is -3.69. The Hall–Kier alpha value is -0.840. The first-order valence-corrected chi connectivity index (χ1v) is 10.3. The van der Waals surface area contributed by atoms with Crippen LogP contribution in [0.25, 0.3) is 0 Å². The number of methoxy groups -OCH3 is 1. The van der Waals surface area contributed by atoms with Crippen LogP contribution in [0.1, 0.15) is 72.1 Å². The van der Waals surface area contributed by atoms with Crippen LogP contribution in [0.5, 0.6) is 0 Å². The highest BCUT2D eigenvalue weighted by Crippen LogP contribution is 2.51. The molecule has 0 rings (SSSR count). The molecule has 0 atom stereocenters. The Kier molecular flexibility index (Phi) is 14.0. The highest BCUT2D eigenvalue weighted by molar-refractivity contribution is 7.48. The highest BCUT2D eigenvalue weighted by Gasteiger charge is 2.28. The maximum Gasteiger partial charge on any atom is 0.529 e. The van der Waals surface area contributed by atoms with Gasteiger partial charge in [-0.2, -0.15) is 0 Å². The molecule has 0 aromatic rings. The average Bonchev–Trinajstić information content (AvgIpc) is 2.54. The Balaban J connectivity index is 4.56. The van der Waals surface area contributed by atoms with Gasteiger partial charge in [0.1, 0.15) is 5.76 Å². The van der Waals surface area contributed by atoms with E-state index in [1.54, 1.807) is 13.8 Å². The second-order valence-electron chi connectivity index (χ2n) is 5.38. The number of hydrogen-bond donors (Lipinski definition) is 0. The van der Waals surface area contributed by atoms with Gasteiger partial charge >= 0.3 is 13.8 Å². The summed E-state index contributed by atoms with van der Waals surface area (Å²) < 4.78 is 32.7. The fourth-order valence-corrected chi connectivity index (χ4v) is 3.38. The van der Waals surface area contributed by atoms with E-state index in [1.807, 2.05) is 0 Å². The fraction of sp³-hybridized carbons (Fsp3) is 0.824. The van der Waals surface area contributed by atoms with Crippen LogP contribution in [0.15, 0.2) is 11.8 Å². The summed E-state index contributed by atoms with van der Waals surface area (Å²) in [6, 6.07) is 0. The second kappa shape index (κ2) is 14.5. The standard InChI is InChI=1S/C17H33O6P/c1-5-8-9-10-11-12-13-14-16(15-17(18)20-4)23-24(19,21-6-2)22-7-3/h15H,5-14H2,1-4H3/b16-15-. The van der Waals surface area contributed by atoms with Gasteiger partial charge in [-0.1, -0.05) is 45.4 Å². The van der Waals surface area contributed by atoms with Crippen LogP contribution in [0.2, 0.25) is 0 Å². The van der Waals surface area contributed by atoms with E-state index in [1.165, 1.54) is 38.9 Å². The first-order valence-electron chi connectivity index (χ1n) is 8.88. The number of phosphoric acid groups is 1. The Labute approximate surface area is 146 Å². The quantitative estimate of drug-likeness (QED) is 0.128. The lowest BCUT2D eigenvalue weighted by Gasteiger charge is -2.19. The number of rotatable bonds is 15. The Morgan fingerprint density at radius 1 is 0.917 bits per heavy atom. The number of carbonyl (C=O) groups excluding carboxylic acids is 1. The van der Waals surface area contributed by atoms with Crippen LogP contribution in [0.3, 0.4) is 0 Å². The fourth-order valence-electron chi connectivity index (χ4n) is 2.14. The molecule has 0 saturated carbocycles. The molecule has 0 saturated heterocycles. The number of carbonyl (C=O) groups is 1. The molecule has 0 aliphatic carbocycles. The van der Waals surface area contributed by atoms with Crippen molar-refractivity contribution in [2.75, 3.05) is 20.3 Å². The Morgan fingerprint density at radius 3 is 1.96 bits per heavy atom. The minimum absolute atomic E-state index is 0.195. The normalized spacial score (nSPS) is 12.2. The van der Waals surface area contributed by atoms with Crippen LogP contribution in [-0.4, -0.2) is 26.3 Å². The van der Waals surface area contributed by atoms with Crippen molar-refractivity contribution in [3.05, 3.63) is 11.8 Å². The monoisotopic (exact) mass is 364 g/mol. The molecule has 0 fully saturated rings. The van der Waals surface area contributed by atoms with Gasteiger partial charge in [0.05, 0.1) is 26.4 Å². The molecule has 0 aliphatic heterocycles. The van der Waals surface area contributed by atoms with Gasteiger partial charge in [-0.05, 0) is 20.3 Å². The maximum absolute atomic E-state index is 12.4. The third-order valence-corrected chi connectivity index (χ3v) is 4.92. The molecule has 0 bridgehead atoms. The van der Waals surface area contributed by atoms with E-state index in [4.69, 9.17) is 13.6 Å². The highest BCUT2D eigenvalue weighted by atomic mass is 31.2. The number of allylic oxidation sites excluding steroid dienone is 1. The molecule has 0 radical (unpaired) electrons.